The molecule has 0 radical (unpaired) electrons. The second-order valence-electron chi connectivity index (χ2n) is 8.92. The van der Waals surface area contributed by atoms with Crippen LogP contribution in [0.15, 0.2) is 24.3 Å². The number of nitrogens with one attached hydrogen (secondary N) is 2. The molecule has 0 aromatic heterocycles. The fourth-order valence-electron chi connectivity index (χ4n) is 3.46. The highest BCUT2D eigenvalue weighted by Gasteiger charge is 2.49. The van der Waals surface area contributed by atoms with Gasteiger partial charge in [0.25, 0.3) is 0 Å². The zero-order valence-electron chi connectivity index (χ0n) is 17.4. The molecule has 9 heteroatoms. The van der Waals surface area contributed by atoms with Crippen LogP contribution in [-0.4, -0.2) is 58.7 Å². The molecule has 2 atom stereocenters. The van der Waals surface area contributed by atoms with Crippen molar-refractivity contribution < 1.29 is 24.2 Å². The summed E-state index contributed by atoms with van der Waals surface area (Å²) in [5.41, 5.74) is -1.58. The van der Waals surface area contributed by atoms with E-state index in [2.05, 4.69) is 10.6 Å². The van der Waals surface area contributed by atoms with Gasteiger partial charge in [0.2, 0.25) is 11.8 Å². The summed E-state index contributed by atoms with van der Waals surface area (Å²) in [6, 6.07) is 6.02. The first-order chi connectivity index (χ1) is 14.0. The predicted molar refractivity (Wildman–Crippen MR) is 111 cm³/mol. The van der Waals surface area contributed by atoms with Gasteiger partial charge in [-0.05, 0) is 51.3 Å². The van der Waals surface area contributed by atoms with Crippen LogP contribution in [0.25, 0.3) is 0 Å². The molecular formula is C21H28ClN3O5. The lowest BCUT2D eigenvalue weighted by Gasteiger charge is -2.25. The number of carbonyl (C=O) groups excluding carboxylic acids is 3. The first-order valence-electron chi connectivity index (χ1n) is 10.0. The van der Waals surface area contributed by atoms with Crippen molar-refractivity contribution in [3.8, 4) is 0 Å². The molecule has 2 fully saturated rings. The van der Waals surface area contributed by atoms with Gasteiger partial charge in [0.05, 0.1) is 6.54 Å². The van der Waals surface area contributed by atoms with Crippen LogP contribution >= 0.6 is 11.6 Å². The van der Waals surface area contributed by atoms with Gasteiger partial charge < -0.3 is 25.4 Å². The van der Waals surface area contributed by atoms with Crippen molar-refractivity contribution in [2.24, 2.45) is 0 Å². The van der Waals surface area contributed by atoms with Crippen molar-refractivity contribution in [3.05, 3.63) is 34.9 Å². The highest BCUT2D eigenvalue weighted by Crippen LogP contribution is 2.37. The average Bonchev–Trinajstić information content (AvgIpc) is 3.37. The molecule has 0 spiro atoms. The van der Waals surface area contributed by atoms with Crippen molar-refractivity contribution >= 4 is 29.5 Å². The van der Waals surface area contributed by atoms with E-state index in [4.69, 9.17) is 16.3 Å². The minimum absolute atomic E-state index is 0.0457. The largest absolute Gasteiger partial charge is 0.444 e. The summed E-state index contributed by atoms with van der Waals surface area (Å²) >= 11 is 6.07. The van der Waals surface area contributed by atoms with Gasteiger partial charge in [-0.1, -0.05) is 23.7 Å². The van der Waals surface area contributed by atoms with Crippen LogP contribution in [0.4, 0.5) is 4.79 Å². The summed E-state index contributed by atoms with van der Waals surface area (Å²) in [4.78, 5) is 38.8. The Bertz CT molecular complexity index is 836. The number of β-amino-alcohol motifs (C(OH)–C–C–N with tert-alkyl or cyclic N) is 1. The smallest absolute Gasteiger partial charge is 0.408 e. The van der Waals surface area contributed by atoms with E-state index < -0.39 is 29.2 Å². The van der Waals surface area contributed by atoms with Crippen molar-refractivity contribution in [2.45, 2.75) is 63.3 Å². The number of hydrogen-bond donors (Lipinski definition) is 3. The molecule has 164 valence electrons. The van der Waals surface area contributed by atoms with Gasteiger partial charge in [-0.2, -0.15) is 0 Å². The van der Waals surface area contributed by atoms with Crippen LogP contribution in [0.1, 0.15) is 45.6 Å². The SMILES string of the molecule is CC(C)(C)OC(=O)NCC(=O)N1C[C@](O)(c2cccc(Cl)c2)C[C@H]1C(=O)NC1CC1. The van der Waals surface area contributed by atoms with Crippen LogP contribution in [0, 0.1) is 0 Å². The zero-order valence-corrected chi connectivity index (χ0v) is 18.2. The molecule has 3 rings (SSSR count). The zero-order chi connectivity index (χ0) is 22.1. The Kier molecular flexibility index (Phi) is 6.29. The Hall–Kier alpha value is -2.32. The van der Waals surface area contributed by atoms with Gasteiger partial charge in [-0.25, -0.2) is 4.79 Å². The number of rotatable bonds is 5. The van der Waals surface area contributed by atoms with E-state index in [0.717, 1.165) is 12.8 Å². The standard InChI is InChI=1S/C21H28ClN3O5/c1-20(2,3)30-19(28)23-11-17(26)25-12-21(29,13-5-4-6-14(22)9-13)10-16(25)18(27)24-15-7-8-15/h4-6,9,15-16,29H,7-8,10-12H2,1-3H3,(H,23,28)(H,24,27)/t16-,21-/m0/s1. The maximum atomic E-state index is 12.9. The van der Waals surface area contributed by atoms with E-state index in [1.165, 1.54) is 4.90 Å². The van der Waals surface area contributed by atoms with Crippen molar-refractivity contribution in [1.29, 1.82) is 0 Å². The monoisotopic (exact) mass is 437 g/mol. The summed E-state index contributed by atoms with van der Waals surface area (Å²) in [5, 5.41) is 17.0. The molecule has 1 saturated carbocycles. The van der Waals surface area contributed by atoms with E-state index in [-0.39, 0.29) is 31.5 Å². The minimum atomic E-state index is -1.42. The summed E-state index contributed by atoms with van der Waals surface area (Å²) < 4.78 is 5.15. The number of benzene rings is 1. The average molecular weight is 438 g/mol. The molecule has 8 nitrogen and oxygen atoms in total. The van der Waals surface area contributed by atoms with Gasteiger partial charge >= 0.3 is 6.09 Å². The summed E-state index contributed by atoms with van der Waals surface area (Å²) in [6.45, 7) is 4.74. The number of hydrogen-bond acceptors (Lipinski definition) is 5. The molecule has 1 aliphatic heterocycles. The molecule has 1 aliphatic carbocycles. The van der Waals surface area contributed by atoms with Crippen LogP contribution < -0.4 is 10.6 Å². The quantitative estimate of drug-likeness (QED) is 0.652. The first-order valence-corrected chi connectivity index (χ1v) is 10.4. The van der Waals surface area contributed by atoms with Gasteiger partial charge in [0.1, 0.15) is 23.8 Å². The van der Waals surface area contributed by atoms with E-state index in [1.807, 2.05) is 0 Å². The number of halogens is 1. The lowest BCUT2D eigenvalue weighted by atomic mass is 9.91. The molecule has 1 aromatic rings. The lowest BCUT2D eigenvalue weighted by Crippen LogP contribution is -2.49. The third kappa shape index (κ3) is 5.64. The molecule has 1 heterocycles. The van der Waals surface area contributed by atoms with Crippen molar-refractivity contribution in [1.82, 2.24) is 15.5 Å². The summed E-state index contributed by atoms with van der Waals surface area (Å²) in [5.74, 6) is -0.782. The molecule has 0 unspecified atom stereocenters. The molecule has 3 amide bonds. The number of likely N-dealkylation sites (tertiary alicyclic amines) is 1. The van der Waals surface area contributed by atoms with Crippen LogP contribution in [0.3, 0.4) is 0 Å². The molecule has 2 aliphatic rings. The molecule has 0 bridgehead atoms. The topological polar surface area (TPSA) is 108 Å². The van der Waals surface area contributed by atoms with E-state index >= 15 is 0 Å². The van der Waals surface area contributed by atoms with E-state index in [9.17, 15) is 19.5 Å². The Labute approximate surface area is 180 Å². The van der Waals surface area contributed by atoms with Gasteiger partial charge in [-0.3, -0.25) is 9.59 Å². The van der Waals surface area contributed by atoms with E-state index in [1.54, 1.807) is 45.0 Å². The number of alkyl carbamates (subject to hydrolysis) is 1. The molecular weight excluding hydrogens is 410 g/mol. The normalized spacial score (nSPS) is 23.8. The fraction of sp³-hybridized carbons (Fsp3) is 0.571. The second kappa shape index (κ2) is 8.43. The molecule has 3 N–H and O–H groups in total. The number of aliphatic hydroxyl groups is 1. The third-order valence-electron chi connectivity index (χ3n) is 5.03. The van der Waals surface area contributed by atoms with Crippen LogP contribution in [0.2, 0.25) is 5.02 Å². The number of ether oxygens (including phenoxy) is 1. The summed E-state index contributed by atoms with van der Waals surface area (Å²) in [6.07, 6.45) is 1.14. The van der Waals surface area contributed by atoms with Gasteiger partial charge in [0.15, 0.2) is 0 Å². The highest BCUT2D eigenvalue weighted by atomic mass is 35.5. The lowest BCUT2D eigenvalue weighted by molar-refractivity contribution is -0.138. The van der Waals surface area contributed by atoms with Crippen LogP contribution in [-0.2, 0) is 19.9 Å². The third-order valence-corrected chi connectivity index (χ3v) is 5.27. The Morgan fingerprint density at radius 1 is 1.30 bits per heavy atom. The number of nitrogens with zero attached hydrogens (tertiary/aromatic N) is 1. The molecule has 30 heavy (non-hydrogen) atoms. The maximum Gasteiger partial charge on any atom is 0.408 e. The predicted octanol–water partition coefficient (Wildman–Crippen LogP) is 1.93. The van der Waals surface area contributed by atoms with E-state index in [0.29, 0.717) is 10.6 Å². The van der Waals surface area contributed by atoms with Crippen molar-refractivity contribution in [2.75, 3.05) is 13.1 Å². The number of carbonyl (C=O) groups is 3. The molecule has 1 aromatic carbocycles. The Balaban J connectivity index is 1.74. The first kappa shape index (κ1) is 22.4. The van der Waals surface area contributed by atoms with Crippen molar-refractivity contribution in [3.63, 3.8) is 0 Å². The Morgan fingerprint density at radius 2 is 2.00 bits per heavy atom. The van der Waals surface area contributed by atoms with Gasteiger partial charge in [-0.15, -0.1) is 0 Å². The van der Waals surface area contributed by atoms with Crippen LogP contribution in [0.5, 0.6) is 0 Å². The number of amides is 3. The fourth-order valence-corrected chi connectivity index (χ4v) is 3.65. The minimum Gasteiger partial charge on any atom is -0.444 e. The summed E-state index contributed by atoms with van der Waals surface area (Å²) in [7, 11) is 0. The second-order valence-corrected chi connectivity index (χ2v) is 9.36. The molecule has 1 saturated heterocycles. The maximum absolute atomic E-state index is 12.9. The van der Waals surface area contributed by atoms with Gasteiger partial charge in [0, 0.05) is 17.5 Å². The highest BCUT2D eigenvalue weighted by molar-refractivity contribution is 6.30. The Morgan fingerprint density at radius 3 is 2.60 bits per heavy atom.